The molecule has 1 aliphatic rings. The minimum Gasteiger partial charge on any atom is -0.490 e. The first-order chi connectivity index (χ1) is 17.2. The van der Waals surface area contributed by atoms with Crippen molar-refractivity contribution in [3.8, 4) is 11.6 Å². The van der Waals surface area contributed by atoms with Crippen molar-refractivity contribution in [2.24, 2.45) is 0 Å². The predicted octanol–water partition coefficient (Wildman–Crippen LogP) is 7.76. The summed E-state index contributed by atoms with van der Waals surface area (Å²) < 4.78 is 26.4. The third-order valence-corrected chi connectivity index (χ3v) is 6.88. The Kier molecular flexibility index (Phi) is 12.3. The van der Waals surface area contributed by atoms with Crippen molar-refractivity contribution < 1.29 is 13.9 Å². The number of unbranched alkanes of at least 4 members (excludes halogenated alkanes) is 10. The van der Waals surface area contributed by atoms with E-state index in [9.17, 15) is 4.39 Å². The SMILES string of the molecule is CCCCCCCCOc1cnc(C2CCc3cc(OCCCCCCCC)nc(F)c3C2)nc1. The number of halogens is 1. The third-order valence-electron chi connectivity index (χ3n) is 6.88. The molecule has 0 aromatic carbocycles. The number of fused-ring (bicyclic) bond motifs is 1. The van der Waals surface area contributed by atoms with E-state index in [0.717, 1.165) is 43.5 Å². The molecule has 1 unspecified atom stereocenters. The van der Waals surface area contributed by atoms with Gasteiger partial charge in [-0.25, -0.2) is 9.97 Å². The molecule has 0 radical (unpaired) electrons. The number of pyridine rings is 1. The molecule has 0 N–H and O–H groups in total. The number of hydrogen-bond donors (Lipinski definition) is 0. The van der Waals surface area contributed by atoms with Gasteiger partial charge in [-0.1, -0.05) is 78.1 Å². The van der Waals surface area contributed by atoms with Gasteiger partial charge in [-0.15, -0.1) is 0 Å². The van der Waals surface area contributed by atoms with Crippen LogP contribution in [0.2, 0.25) is 0 Å². The monoisotopic (exact) mass is 485 g/mol. The van der Waals surface area contributed by atoms with Gasteiger partial charge in [0.25, 0.3) is 0 Å². The van der Waals surface area contributed by atoms with Crippen molar-refractivity contribution in [2.45, 2.75) is 116 Å². The smallest absolute Gasteiger partial charge is 0.219 e. The molecule has 0 saturated heterocycles. The van der Waals surface area contributed by atoms with E-state index in [0.29, 0.717) is 36.8 Å². The van der Waals surface area contributed by atoms with E-state index >= 15 is 0 Å². The first-order valence-electron chi connectivity index (χ1n) is 14.0. The van der Waals surface area contributed by atoms with Crippen molar-refractivity contribution >= 4 is 0 Å². The molecular formula is C29H44FN3O2. The highest BCUT2D eigenvalue weighted by Crippen LogP contribution is 2.33. The van der Waals surface area contributed by atoms with Crippen molar-refractivity contribution in [3.05, 3.63) is 41.4 Å². The van der Waals surface area contributed by atoms with Crippen molar-refractivity contribution in [1.29, 1.82) is 0 Å². The lowest BCUT2D eigenvalue weighted by Gasteiger charge is -2.24. The minimum absolute atomic E-state index is 0.0984. The van der Waals surface area contributed by atoms with Crippen LogP contribution in [0.4, 0.5) is 4.39 Å². The maximum Gasteiger partial charge on any atom is 0.219 e. The minimum atomic E-state index is -0.413. The molecule has 0 spiro atoms. The van der Waals surface area contributed by atoms with E-state index in [2.05, 4.69) is 28.8 Å². The Balaban J connectivity index is 1.43. The Labute approximate surface area is 211 Å². The van der Waals surface area contributed by atoms with E-state index < -0.39 is 5.95 Å². The molecule has 1 aliphatic carbocycles. The zero-order valence-corrected chi connectivity index (χ0v) is 21.9. The first kappa shape index (κ1) is 27.3. The van der Waals surface area contributed by atoms with Gasteiger partial charge in [0, 0.05) is 17.5 Å². The summed E-state index contributed by atoms with van der Waals surface area (Å²) in [6.07, 6.45) is 20.4. The number of aromatic nitrogens is 3. The number of rotatable bonds is 17. The van der Waals surface area contributed by atoms with E-state index in [1.54, 1.807) is 12.4 Å². The van der Waals surface area contributed by atoms with Crippen LogP contribution < -0.4 is 9.47 Å². The van der Waals surface area contributed by atoms with Crippen LogP contribution >= 0.6 is 0 Å². The molecule has 2 aromatic rings. The number of ether oxygens (including phenoxy) is 2. The molecule has 0 saturated carbocycles. The summed E-state index contributed by atoms with van der Waals surface area (Å²) in [7, 11) is 0. The standard InChI is InChI=1S/C29H44FN3O2/c1-3-5-7-9-11-13-17-34-25-21-31-29(32-22-25)24-16-15-23-20-27(33-28(30)26(23)19-24)35-18-14-12-10-8-6-4-2/h20-22,24H,3-19H2,1-2H3. The predicted molar refractivity (Wildman–Crippen MR) is 139 cm³/mol. The maximum absolute atomic E-state index is 14.8. The van der Waals surface area contributed by atoms with E-state index in [1.165, 1.54) is 57.8 Å². The lowest BCUT2D eigenvalue weighted by Crippen LogP contribution is -2.18. The average molecular weight is 486 g/mol. The molecule has 1 atom stereocenters. The average Bonchev–Trinajstić information content (AvgIpc) is 2.88. The van der Waals surface area contributed by atoms with E-state index in [4.69, 9.17) is 9.47 Å². The number of hydrogen-bond acceptors (Lipinski definition) is 5. The second kappa shape index (κ2) is 15.7. The number of aryl methyl sites for hydroxylation is 1. The molecular weight excluding hydrogens is 441 g/mol. The van der Waals surface area contributed by atoms with Crippen LogP contribution in [0.15, 0.2) is 18.5 Å². The van der Waals surface area contributed by atoms with Crippen molar-refractivity contribution in [2.75, 3.05) is 13.2 Å². The van der Waals surface area contributed by atoms with Crippen LogP contribution in [-0.2, 0) is 12.8 Å². The molecule has 6 heteroatoms. The molecule has 0 fully saturated rings. The largest absolute Gasteiger partial charge is 0.490 e. The molecule has 0 amide bonds. The van der Waals surface area contributed by atoms with Gasteiger partial charge >= 0.3 is 0 Å². The van der Waals surface area contributed by atoms with Crippen LogP contribution in [0.5, 0.6) is 11.6 Å². The lowest BCUT2D eigenvalue weighted by atomic mass is 9.84. The highest BCUT2D eigenvalue weighted by atomic mass is 19.1. The van der Waals surface area contributed by atoms with Gasteiger partial charge in [0.1, 0.15) is 5.82 Å². The van der Waals surface area contributed by atoms with Crippen LogP contribution in [-0.4, -0.2) is 28.2 Å². The quantitative estimate of drug-likeness (QED) is 0.169. The molecule has 35 heavy (non-hydrogen) atoms. The topological polar surface area (TPSA) is 57.1 Å². The molecule has 2 aromatic heterocycles. The van der Waals surface area contributed by atoms with Gasteiger partial charge in [-0.3, -0.25) is 0 Å². The second-order valence-corrected chi connectivity index (χ2v) is 9.84. The van der Waals surface area contributed by atoms with Gasteiger partial charge in [-0.2, -0.15) is 9.37 Å². The Morgan fingerprint density at radius 2 is 1.43 bits per heavy atom. The Bertz CT molecular complexity index is 860. The van der Waals surface area contributed by atoms with Crippen LogP contribution in [0.1, 0.15) is 120 Å². The van der Waals surface area contributed by atoms with Gasteiger partial charge in [0.15, 0.2) is 5.75 Å². The van der Waals surface area contributed by atoms with E-state index in [-0.39, 0.29) is 5.92 Å². The highest BCUT2D eigenvalue weighted by molar-refractivity contribution is 5.34. The zero-order valence-electron chi connectivity index (χ0n) is 21.9. The second-order valence-electron chi connectivity index (χ2n) is 9.84. The highest BCUT2D eigenvalue weighted by Gasteiger charge is 2.26. The van der Waals surface area contributed by atoms with Gasteiger partial charge in [0.2, 0.25) is 11.8 Å². The summed E-state index contributed by atoms with van der Waals surface area (Å²) in [6.45, 7) is 5.75. The summed E-state index contributed by atoms with van der Waals surface area (Å²) in [5, 5.41) is 0. The van der Waals surface area contributed by atoms with Crippen LogP contribution in [0.25, 0.3) is 0 Å². The third kappa shape index (κ3) is 9.38. The zero-order chi connectivity index (χ0) is 24.7. The molecule has 194 valence electrons. The van der Waals surface area contributed by atoms with Gasteiger partial charge in [0.05, 0.1) is 25.6 Å². The number of nitrogens with zero attached hydrogens (tertiary/aromatic N) is 3. The Morgan fingerprint density at radius 1 is 0.829 bits per heavy atom. The van der Waals surface area contributed by atoms with Gasteiger partial charge < -0.3 is 9.47 Å². The molecule has 0 aliphatic heterocycles. The summed E-state index contributed by atoms with van der Waals surface area (Å²) in [5.41, 5.74) is 1.69. The fourth-order valence-electron chi connectivity index (χ4n) is 4.72. The Hall–Kier alpha value is -2.24. The first-order valence-corrected chi connectivity index (χ1v) is 14.0. The Morgan fingerprint density at radius 3 is 2.09 bits per heavy atom. The lowest BCUT2D eigenvalue weighted by molar-refractivity contribution is 0.287. The summed E-state index contributed by atoms with van der Waals surface area (Å²) >= 11 is 0. The maximum atomic E-state index is 14.8. The normalized spacial score (nSPS) is 15.1. The molecule has 2 heterocycles. The van der Waals surface area contributed by atoms with E-state index in [1.807, 2.05) is 6.07 Å². The summed E-state index contributed by atoms with van der Waals surface area (Å²) in [4.78, 5) is 13.2. The fraction of sp³-hybridized carbons (Fsp3) is 0.690. The van der Waals surface area contributed by atoms with Crippen LogP contribution in [0, 0.1) is 5.95 Å². The molecule has 5 nitrogen and oxygen atoms in total. The molecule has 3 rings (SSSR count). The van der Waals surface area contributed by atoms with Crippen LogP contribution in [0.3, 0.4) is 0 Å². The fourth-order valence-corrected chi connectivity index (χ4v) is 4.72. The van der Waals surface area contributed by atoms with Gasteiger partial charge in [-0.05, 0) is 37.7 Å². The summed E-state index contributed by atoms with van der Waals surface area (Å²) in [5.74, 6) is 1.56. The van der Waals surface area contributed by atoms with Crippen molar-refractivity contribution in [3.63, 3.8) is 0 Å². The summed E-state index contributed by atoms with van der Waals surface area (Å²) in [6, 6.07) is 1.92. The van der Waals surface area contributed by atoms with Crippen molar-refractivity contribution in [1.82, 2.24) is 15.0 Å². The molecule has 0 bridgehead atoms.